The lowest BCUT2D eigenvalue weighted by molar-refractivity contribution is -0.123. The number of carbonyl (C=O) groups is 1. The van der Waals surface area contributed by atoms with Gasteiger partial charge in [0.05, 0.1) is 25.5 Å². The zero-order chi connectivity index (χ0) is 28.7. The van der Waals surface area contributed by atoms with Crippen molar-refractivity contribution in [3.05, 3.63) is 84.6 Å². The lowest BCUT2D eigenvalue weighted by Gasteiger charge is -2.17. The van der Waals surface area contributed by atoms with Crippen molar-refractivity contribution in [3.63, 3.8) is 0 Å². The van der Waals surface area contributed by atoms with Crippen LogP contribution in [-0.4, -0.2) is 47.1 Å². The van der Waals surface area contributed by atoms with Gasteiger partial charge in [0.15, 0.2) is 22.8 Å². The quantitative estimate of drug-likeness (QED) is 0.290. The number of pyridine rings is 2. The van der Waals surface area contributed by atoms with E-state index in [0.29, 0.717) is 40.9 Å². The molecule has 1 amide bonds. The molecular formula is C31H30N8O2. The fourth-order valence-corrected chi connectivity index (χ4v) is 4.57. The number of amides is 1. The van der Waals surface area contributed by atoms with Gasteiger partial charge in [0, 0.05) is 28.9 Å². The van der Waals surface area contributed by atoms with Crippen LogP contribution in [0.5, 0.6) is 5.75 Å². The number of nitrogens with one attached hydrogen (secondary N) is 1. The van der Waals surface area contributed by atoms with E-state index < -0.39 is 5.41 Å². The monoisotopic (exact) mass is 546 g/mol. The molecule has 0 radical (unpaired) electrons. The molecule has 0 aliphatic rings. The maximum Gasteiger partial charge on any atom is 0.230 e. The fourth-order valence-electron chi connectivity index (χ4n) is 4.57. The van der Waals surface area contributed by atoms with E-state index in [0.717, 1.165) is 27.9 Å². The molecule has 1 aromatic carbocycles. The number of hydrogen-bond acceptors (Lipinski definition) is 7. The van der Waals surface area contributed by atoms with Crippen LogP contribution >= 0.6 is 0 Å². The van der Waals surface area contributed by atoms with E-state index in [1.54, 1.807) is 19.6 Å². The zero-order valence-corrected chi connectivity index (χ0v) is 23.6. The molecule has 0 saturated heterocycles. The second kappa shape index (κ2) is 10.1. The number of carbonyl (C=O) groups excluding carboxylic acids is 1. The molecule has 10 nitrogen and oxygen atoms in total. The van der Waals surface area contributed by atoms with Crippen molar-refractivity contribution in [1.82, 2.24) is 34.1 Å². The van der Waals surface area contributed by atoms with Crippen LogP contribution in [-0.2, 0) is 11.3 Å². The molecule has 0 saturated carbocycles. The number of rotatable bonds is 6. The number of fused-ring (bicyclic) bond motifs is 2. The number of aryl methyl sites for hydroxylation is 1. The van der Waals surface area contributed by atoms with Gasteiger partial charge >= 0.3 is 0 Å². The lowest BCUT2D eigenvalue weighted by atomic mass is 9.96. The summed E-state index contributed by atoms with van der Waals surface area (Å²) in [5.74, 6) is 2.28. The maximum atomic E-state index is 12.7. The highest BCUT2D eigenvalue weighted by molar-refractivity contribution is 6.02. The highest BCUT2D eigenvalue weighted by atomic mass is 16.5. The third-order valence-corrected chi connectivity index (χ3v) is 6.83. The van der Waals surface area contributed by atoms with Gasteiger partial charge in [-0.1, -0.05) is 39.0 Å². The first-order chi connectivity index (χ1) is 19.7. The Bertz CT molecular complexity index is 1900. The predicted octanol–water partition coefficient (Wildman–Crippen LogP) is 5.58. The number of anilines is 1. The van der Waals surface area contributed by atoms with Crippen LogP contribution in [0.4, 0.5) is 5.82 Å². The van der Waals surface area contributed by atoms with Gasteiger partial charge in [0.25, 0.3) is 0 Å². The van der Waals surface area contributed by atoms with Crippen LogP contribution in [0.3, 0.4) is 0 Å². The molecule has 1 N–H and O–H groups in total. The summed E-state index contributed by atoms with van der Waals surface area (Å²) in [7, 11) is 1.65. The predicted molar refractivity (Wildman–Crippen MR) is 158 cm³/mol. The van der Waals surface area contributed by atoms with Gasteiger partial charge in [-0.25, -0.2) is 24.9 Å². The van der Waals surface area contributed by atoms with E-state index in [1.807, 2.05) is 97.6 Å². The first kappa shape index (κ1) is 26.1. The Labute approximate surface area is 237 Å². The second-order valence-corrected chi connectivity index (χ2v) is 10.9. The Morgan fingerprint density at radius 2 is 1.78 bits per heavy atom. The lowest BCUT2D eigenvalue weighted by Crippen LogP contribution is -2.28. The summed E-state index contributed by atoms with van der Waals surface area (Å²) in [6, 6.07) is 17.5. The third-order valence-electron chi connectivity index (χ3n) is 6.83. The van der Waals surface area contributed by atoms with Gasteiger partial charge in [0.2, 0.25) is 5.91 Å². The average Bonchev–Trinajstić information content (AvgIpc) is 3.57. The first-order valence-corrected chi connectivity index (χ1v) is 13.3. The van der Waals surface area contributed by atoms with Crippen LogP contribution < -0.4 is 10.1 Å². The summed E-state index contributed by atoms with van der Waals surface area (Å²) in [6.45, 7) is 8.12. The number of imidazole rings is 1. The van der Waals surface area contributed by atoms with Crippen molar-refractivity contribution in [1.29, 1.82) is 0 Å². The molecule has 6 rings (SSSR count). The number of hydrogen-bond donors (Lipinski definition) is 1. The van der Waals surface area contributed by atoms with Crippen LogP contribution in [0.2, 0.25) is 0 Å². The molecule has 0 atom stereocenters. The van der Waals surface area contributed by atoms with Gasteiger partial charge in [-0.15, -0.1) is 0 Å². The Morgan fingerprint density at radius 1 is 0.976 bits per heavy atom. The van der Waals surface area contributed by atoms with Crippen molar-refractivity contribution in [3.8, 4) is 23.1 Å². The molecule has 10 heteroatoms. The van der Waals surface area contributed by atoms with Gasteiger partial charge in [-0.05, 0) is 48.9 Å². The SMILES string of the molecule is COc1ccc(Cn2cnc3c(-n4ccc5c(NC(=O)C(C)(C)C)nccc54)nc(-c4cccc(C)n4)nc32)cc1. The summed E-state index contributed by atoms with van der Waals surface area (Å²) in [6.07, 6.45) is 5.38. The number of methoxy groups -OCH3 is 1. The fraction of sp³-hybridized carbons (Fsp3) is 0.226. The second-order valence-electron chi connectivity index (χ2n) is 10.9. The molecule has 0 aliphatic carbocycles. The number of ether oxygens (including phenoxy) is 1. The number of benzene rings is 1. The largest absolute Gasteiger partial charge is 0.497 e. The summed E-state index contributed by atoms with van der Waals surface area (Å²) >= 11 is 0. The van der Waals surface area contributed by atoms with E-state index in [-0.39, 0.29) is 5.91 Å². The molecule has 0 spiro atoms. The van der Waals surface area contributed by atoms with Gasteiger partial charge < -0.3 is 14.6 Å². The smallest absolute Gasteiger partial charge is 0.230 e. The van der Waals surface area contributed by atoms with E-state index in [2.05, 4.69) is 15.3 Å². The maximum absolute atomic E-state index is 12.7. The summed E-state index contributed by atoms with van der Waals surface area (Å²) in [4.78, 5) is 36.5. The van der Waals surface area contributed by atoms with Gasteiger partial charge in [-0.3, -0.25) is 9.36 Å². The van der Waals surface area contributed by atoms with Crippen LogP contribution in [0.25, 0.3) is 39.4 Å². The molecule has 5 aromatic heterocycles. The molecule has 0 unspecified atom stereocenters. The van der Waals surface area contributed by atoms with Crippen molar-refractivity contribution in [2.24, 2.45) is 5.41 Å². The van der Waals surface area contributed by atoms with Crippen molar-refractivity contribution >= 4 is 33.8 Å². The Kier molecular flexibility index (Phi) is 6.45. The van der Waals surface area contributed by atoms with Crippen LogP contribution in [0.1, 0.15) is 32.0 Å². The molecule has 0 fully saturated rings. The van der Waals surface area contributed by atoms with E-state index in [9.17, 15) is 4.79 Å². The highest BCUT2D eigenvalue weighted by Crippen LogP contribution is 2.30. The first-order valence-electron chi connectivity index (χ1n) is 13.3. The Morgan fingerprint density at radius 3 is 2.51 bits per heavy atom. The Hall–Kier alpha value is -5.12. The van der Waals surface area contributed by atoms with E-state index in [1.165, 1.54) is 0 Å². The molecule has 0 bridgehead atoms. The normalized spacial score (nSPS) is 11.7. The minimum atomic E-state index is -0.558. The van der Waals surface area contributed by atoms with Crippen LogP contribution in [0.15, 0.2) is 73.3 Å². The topological polar surface area (TPSA) is 113 Å². The average molecular weight is 547 g/mol. The minimum Gasteiger partial charge on any atom is -0.497 e. The van der Waals surface area contributed by atoms with Gasteiger partial charge in [-0.2, -0.15) is 0 Å². The van der Waals surface area contributed by atoms with Crippen molar-refractivity contribution in [2.45, 2.75) is 34.2 Å². The van der Waals surface area contributed by atoms with Gasteiger partial charge in [0.1, 0.15) is 17.3 Å². The summed E-state index contributed by atoms with van der Waals surface area (Å²) in [5, 5.41) is 3.77. The van der Waals surface area contributed by atoms with Crippen molar-refractivity contribution < 1.29 is 9.53 Å². The van der Waals surface area contributed by atoms with E-state index >= 15 is 0 Å². The minimum absolute atomic E-state index is 0.111. The third kappa shape index (κ3) is 5.00. The molecule has 206 valence electrons. The molecule has 6 aromatic rings. The standard InChI is InChI=1S/C31H30N8O2/c1-19-7-6-8-23(34-19)27-35-28-25(33-18-38(28)17-20-9-11-21(41-5)12-10-20)29(36-27)39-16-14-22-24(39)13-15-32-26(22)37-30(40)31(2,3)4/h6-16,18H,17H2,1-5H3,(H,32,37,40). The molecular weight excluding hydrogens is 516 g/mol. The van der Waals surface area contributed by atoms with E-state index in [4.69, 9.17) is 19.7 Å². The van der Waals surface area contributed by atoms with Crippen molar-refractivity contribution in [2.75, 3.05) is 12.4 Å². The summed E-state index contributed by atoms with van der Waals surface area (Å²) in [5.41, 5.74) is 4.22. The summed E-state index contributed by atoms with van der Waals surface area (Å²) < 4.78 is 9.27. The zero-order valence-electron chi connectivity index (χ0n) is 23.6. The molecule has 5 heterocycles. The highest BCUT2D eigenvalue weighted by Gasteiger charge is 2.23. The molecule has 41 heavy (non-hydrogen) atoms. The Balaban J connectivity index is 1.51. The number of nitrogens with zero attached hydrogens (tertiary/aromatic N) is 7. The number of aromatic nitrogens is 7. The van der Waals surface area contributed by atoms with Crippen LogP contribution in [0, 0.1) is 12.3 Å². The molecule has 0 aliphatic heterocycles.